The van der Waals surface area contributed by atoms with Gasteiger partial charge in [-0.05, 0) is 12.1 Å². The van der Waals surface area contributed by atoms with Gasteiger partial charge in [-0.15, -0.1) is 0 Å². The zero-order valence-electron chi connectivity index (χ0n) is 9.90. The predicted octanol–water partition coefficient (Wildman–Crippen LogP) is 1.77. The van der Waals surface area contributed by atoms with Crippen molar-refractivity contribution in [3.63, 3.8) is 0 Å². The van der Waals surface area contributed by atoms with Crippen molar-refractivity contribution >= 4 is 23.0 Å². The fourth-order valence-electron chi connectivity index (χ4n) is 1.57. The monoisotopic (exact) mass is 262 g/mol. The first-order valence-corrected chi connectivity index (χ1v) is 5.25. The number of nitro groups is 1. The van der Waals surface area contributed by atoms with E-state index >= 15 is 0 Å². The van der Waals surface area contributed by atoms with Crippen LogP contribution in [0.5, 0.6) is 0 Å². The van der Waals surface area contributed by atoms with E-state index in [0.717, 1.165) is 6.07 Å². The molecule has 1 aromatic heterocycles. The zero-order chi connectivity index (χ0) is 14.0. The van der Waals surface area contributed by atoms with E-state index in [1.54, 1.807) is 13.2 Å². The Labute approximate surface area is 107 Å². The van der Waals surface area contributed by atoms with Gasteiger partial charge < -0.3 is 10.4 Å². The summed E-state index contributed by atoms with van der Waals surface area (Å²) in [6.07, 6.45) is 3.11. The van der Waals surface area contributed by atoms with Crippen LogP contribution in [0.25, 0.3) is 0 Å². The molecule has 2 aromatic rings. The van der Waals surface area contributed by atoms with Gasteiger partial charge in [0.25, 0.3) is 5.69 Å². The molecule has 2 N–H and O–H groups in total. The summed E-state index contributed by atoms with van der Waals surface area (Å²) in [5, 5.41) is 26.5. The fourth-order valence-corrected chi connectivity index (χ4v) is 1.57. The van der Waals surface area contributed by atoms with Crippen LogP contribution in [0.3, 0.4) is 0 Å². The number of benzene rings is 1. The number of hydrogen-bond acceptors (Lipinski definition) is 5. The first-order valence-electron chi connectivity index (χ1n) is 5.25. The maximum absolute atomic E-state index is 10.9. The summed E-state index contributed by atoms with van der Waals surface area (Å²) < 4.78 is 1.52. The lowest BCUT2D eigenvalue weighted by Gasteiger charge is -2.05. The lowest BCUT2D eigenvalue weighted by molar-refractivity contribution is -0.383. The van der Waals surface area contributed by atoms with Gasteiger partial charge in [0.1, 0.15) is 5.69 Å². The van der Waals surface area contributed by atoms with Crippen LogP contribution in [0.2, 0.25) is 0 Å². The Morgan fingerprint density at radius 2 is 2.26 bits per heavy atom. The van der Waals surface area contributed by atoms with E-state index in [2.05, 4.69) is 10.4 Å². The Bertz CT molecular complexity index is 650. The minimum atomic E-state index is -1.15. The van der Waals surface area contributed by atoms with E-state index in [1.807, 2.05) is 0 Å². The molecule has 8 heteroatoms. The maximum Gasteiger partial charge on any atom is 0.335 e. The molecule has 0 saturated carbocycles. The average molecular weight is 262 g/mol. The standard InChI is InChI=1S/C11H10N4O4/c1-14-6-8(5-12-14)13-9-4-7(11(16)17)2-3-10(9)15(18)19/h2-6,13H,1H3,(H,16,17). The fraction of sp³-hybridized carbons (Fsp3) is 0.0909. The van der Waals surface area contributed by atoms with Gasteiger partial charge in [0.05, 0.1) is 22.4 Å². The number of carbonyl (C=O) groups is 1. The Morgan fingerprint density at radius 1 is 1.53 bits per heavy atom. The number of rotatable bonds is 4. The maximum atomic E-state index is 10.9. The predicted molar refractivity (Wildman–Crippen MR) is 66.5 cm³/mol. The number of aromatic nitrogens is 2. The van der Waals surface area contributed by atoms with Crippen molar-refractivity contribution in [2.45, 2.75) is 0 Å². The third-order valence-corrected chi connectivity index (χ3v) is 2.42. The molecule has 0 saturated heterocycles. The van der Waals surface area contributed by atoms with Gasteiger partial charge in [0.15, 0.2) is 0 Å². The van der Waals surface area contributed by atoms with Gasteiger partial charge in [-0.2, -0.15) is 5.10 Å². The van der Waals surface area contributed by atoms with E-state index < -0.39 is 10.9 Å². The number of aromatic carboxylic acids is 1. The Balaban J connectivity index is 2.42. The molecular weight excluding hydrogens is 252 g/mol. The molecule has 0 bridgehead atoms. The van der Waals surface area contributed by atoms with Crippen molar-refractivity contribution in [2.75, 3.05) is 5.32 Å². The summed E-state index contributed by atoms with van der Waals surface area (Å²) in [7, 11) is 1.70. The van der Waals surface area contributed by atoms with Crippen molar-refractivity contribution in [1.82, 2.24) is 9.78 Å². The summed E-state index contributed by atoms with van der Waals surface area (Å²) in [5.41, 5.74) is 0.414. The van der Waals surface area contributed by atoms with Crippen molar-refractivity contribution in [1.29, 1.82) is 0 Å². The second-order valence-corrected chi connectivity index (χ2v) is 3.82. The molecule has 0 aliphatic carbocycles. The Kier molecular flexibility index (Phi) is 3.15. The molecule has 19 heavy (non-hydrogen) atoms. The highest BCUT2D eigenvalue weighted by molar-refractivity contribution is 5.90. The molecule has 0 unspecified atom stereocenters. The van der Waals surface area contributed by atoms with Crippen LogP contribution in [0.4, 0.5) is 17.1 Å². The molecular formula is C11H10N4O4. The van der Waals surface area contributed by atoms with Gasteiger partial charge in [-0.1, -0.05) is 0 Å². The second kappa shape index (κ2) is 4.77. The molecule has 0 atom stereocenters. The largest absolute Gasteiger partial charge is 0.478 e. The van der Waals surface area contributed by atoms with Crippen LogP contribution >= 0.6 is 0 Å². The number of anilines is 2. The number of carboxylic acid groups (broad SMARTS) is 1. The third kappa shape index (κ3) is 2.68. The van der Waals surface area contributed by atoms with Crippen molar-refractivity contribution in [3.05, 3.63) is 46.3 Å². The molecule has 0 aliphatic rings. The topological polar surface area (TPSA) is 110 Å². The number of nitrogens with one attached hydrogen (secondary N) is 1. The van der Waals surface area contributed by atoms with Crippen molar-refractivity contribution in [2.24, 2.45) is 7.05 Å². The highest BCUT2D eigenvalue weighted by Crippen LogP contribution is 2.28. The van der Waals surface area contributed by atoms with E-state index in [4.69, 9.17) is 5.11 Å². The molecule has 8 nitrogen and oxygen atoms in total. The van der Waals surface area contributed by atoms with Crippen LogP contribution in [0.1, 0.15) is 10.4 Å². The Hall–Kier alpha value is -2.90. The van der Waals surface area contributed by atoms with Crippen LogP contribution in [-0.2, 0) is 7.05 Å². The summed E-state index contributed by atoms with van der Waals surface area (Å²) in [4.78, 5) is 21.2. The van der Waals surface area contributed by atoms with Gasteiger partial charge in [-0.3, -0.25) is 14.8 Å². The van der Waals surface area contributed by atoms with Gasteiger partial charge >= 0.3 is 5.97 Å². The molecule has 98 valence electrons. The van der Waals surface area contributed by atoms with Crippen molar-refractivity contribution in [3.8, 4) is 0 Å². The highest BCUT2D eigenvalue weighted by atomic mass is 16.6. The molecule has 0 radical (unpaired) electrons. The smallest absolute Gasteiger partial charge is 0.335 e. The molecule has 1 aromatic carbocycles. The lowest BCUT2D eigenvalue weighted by atomic mass is 10.1. The lowest BCUT2D eigenvalue weighted by Crippen LogP contribution is -2.01. The quantitative estimate of drug-likeness (QED) is 0.641. The minimum Gasteiger partial charge on any atom is -0.478 e. The molecule has 0 fully saturated rings. The molecule has 2 rings (SSSR count). The first-order chi connectivity index (χ1) is 8.97. The zero-order valence-corrected chi connectivity index (χ0v) is 9.90. The highest BCUT2D eigenvalue weighted by Gasteiger charge is 2.17. The normalized spacial score (nSPS) is 10.2. The number of hydrogen-bond donors (Lipinski definition) is 2. The van der Waals surface area contributed by atoms with Crippen molar-refractivity contribution < 1.29 is 14.8 Å². The summed E-state index contributed by atoms with van der Waals surface area (Å²) in [5.74, 6) is -1.15. The first kappa shape index (κ1) is 12.6. The van der Waals surface area contributed by atoms with Crippen LogP contribution in [-0.4, -0.2) is 25.8 Å². The molecule has 0 spiro atoms. The summed E-state index contributed by atoms with van der Waals surface area (Å²) in [6, 6.07) is 3.56. The van der Waals surface area contributed by atoms with E-state index in [9.17, 15) is 14.9 Å². The summed E-state index contributed by atoms with van der Waals surface area (Å²) >= 11 is 0. The van der Waals surface area contributed by atoms with E-state index in [0.29, 0.717) is 5.69 Å². The number of aryl methyl sites for hydroxylation is 1. The molecule has 0 aliphatic heterocycles. The van der Waals surface area contributed by atoms with E-state index in [1.165, 1.54) is 23.0 Å². The Morgan fingerprint density at radius 3 is 2.79 bits per heavy atom. The van der Waals surface area contributed by atoms with E-state index in [-0.39, 0.29) is 16.9 Å². The van der Waals surface area contributed by atoms with Gasteiger partial charge in [-0.25, -0.2) is 4.79 Å². The SMILES string of the molecule is Cn1cc(Nc2cc(C(=O)O)ccc2[N+](=O)[O-])cn1. The van der Waals surface area contributed by atoms with Gasteiger partial charge in [0.2, 0.25) is 0 Å². The summed E-state index contributed by atoms with van der Waals surface area (Å²) in [6.45, 7) is 0. The van der Waals surface area contributed by atoms with Gasteiger partial charge in [0, 0.05) is 19.3 Å². The average Bonchev–Trinajstić information content (AvgIpc) is 2.74. The second-order valence-electron chi connectivity index (χ2n) is 3.82. The third-order valence-electron chi connectivity index (χ3n) is 2.42. The number of nitrogens with zero attached hydrogens (tertiary/aromatic N) is 3. The number of carboxylic acids is 1. The van der Waals surface area contributed by atoms with Crippen LogP contribution in [0, 0.1) is 10.1 Å². The molecule has 0 amide bonds. The number of nitro benzene ring substituents is 1. The molecule has 1 heterocycles. The van der Waals surface area contributed by atoms with Crippen LogP contribution < -0.4 is 5.32 Å². The van der Waals surface area contributed by atoms with Crippen LogP contribution in [0.15, 0.2) is 30.6 Å². The minimum absolute atomic E-state index is 0.0306.